The van der Waals surface area contributed by atoms with E-state index < -0.39 is 0 Å². The topological polar surface area (TPSA) is 114 Å². The number of aromatic nitrogens is 6. The van der Waals surface area contributed by atoms with Gasteiger partial charge in [0, 0.05) is 80.5 Å². The Balaban J connectivity index is 0.000000129. The van der Waals surface area contributed by atoms with E-state index in [1.54, 1.807) is 11.3 Å². The fraction of sp³-hybridized carbons (Fsp3) is 0. The van der Waals surface area contributed by atoms with Crippen LogP contribution in [0.3, 0.4) is 0 Å². The van der Waals surface area contributed by atoms with E-state index in [0.717, 1.165) is 219 Å². The molecule has 0 radical (unpaired) electrons. The van der Waals surface area contributed by atoms with E-state index in [1.807, 2.05) is 42.5 Å². The van der Waals surface area contributed by atoms with Gasteiger partial charge in [0.25, 0.3) is 0 Å². The maximum atomic E-state index is 7.10. The highest BCUT2D eigenvalue weighted by molar-refractivity contribution is 7.26. The SMILES string of the molecule is c1ccc(-c2nc(-n3c4ccccc4c4c5oc6cc(-c7ccc8c(c7)oc7ccccc78)c7ccccc7c6c5ccc43)nc3ccccc23)cc1.c1ccc2cc(-c3nc(-n4c5ccccc5c5c6oc7cc(-c8ccc9c(c8)oc8ccccc89)c8ccccc8c7c6ccc54)nc4c3sc3ccccc34)ccc2c1. The van der Waals surface area contributed by atoms with Crippen molar-refractivity contribution in [3.05, 3.63) is 340 Å². The van der Waals surface area contributed by atoms with Crippen molar-refractivity contribution >= 4 is 206 Å². The quantitative estimate of drug-likeness (QED) is 0.162. The van der Waals surface area contributed by atoms with Crippen LogP contribution >= 0.6 is 11.3 Å². The molecule has 0 aliphatic heterocycles. The molecule has 26 aromatic rings. The molecule has 113 heavy (non-hydrogen) atoms. The van der Waals surface area contributed by atoms with Crippen LogP contribution in [0, 0.1) is 0 Å². The minimum Gasteiger partial charge on any atom is -0.456 e. The van der Waals surface area contributed by atoms with Crippen LogP contribution in [0.1, 0.15) is 0 Å². The number of nitrogens with zero attached hydrogens (tertiary/aromatic N) is 6. The first-order valence-electron chi connectivity index (χ1n) is 38.0. The molecular formula is C102H56N6O4S. The highest BCUT2D eigenvalue weighted by Crippen LogP contribution is 2.50. The fourth-order valence-electron chi connectivity index (χ4n) is 18.2. The van der Waals surface area contributed by atoms with Gasteiger partial charge in [-0.2, -0.15) is 0 Å². The average Bonchev–Trinajstić information content (AvgIpc) is 1.56. The zero-order valence-corrected chi connectivity index (χ0v) is 60.9. The van der Waals surface area contributed by atoms with Gasteiger partial charge in [0.2, 0.25) is 11.9 Å². The van der Waals surface area contributed by atoms with Crippen molar-refractivity contribution < 1.29 is 17.7 Å². The molecule has 10 nitrogen and oxygen atoms in total. The van der Waals surface area contributed by atoms with Crippen LogP contribution in [-0.4, -0.2) is 29.1 Å². The Morgan fingerprint density at radius 3 is 1.29 bits per heavy atom. The van der Waals surface area contributed by atoms with Crippen LogP contribution in [0.15, 0.2) is 357 Å². The van der Waals surface area contributed by atoms with Crippen molar-refractivity contribution in [2.24, 2.45) is 0 Å². The smallest absolute Gasteiger partial charge is 0.235 e. The van der Waals surface area contributed by atoms with E-state index in [9.17, 15) is 0 Å². The number of benzene rings is 17. The van der Waals surface area contributed by atoms with Gasteiger partial charge in [-0.1, -0.05) is 237 Å². The van der Waals surface area contributed by atoms with Crippen LogP contribution in [0.4, 0.5) is 0 Å². The maximum absolute atomic E-state index is 7.10. The van der Waals surface area contributed by atoms with Gasteiger partial charge in [-0.25, -0.2) is 19.9 Å². The monoisotopic (exact) mass is 1460 g/mol. The van der Waals surface area contributed by atoms with Crippen LogP contribution in [0.25, 0.3) is 252 Å². The molecule has 0 aliphatic rings. The number of furan rings is 4. The first kappa shape index (κ1) is 61.9. The van der Waals surface area contributed by atoms with E-state index in [0.29, 0.717) is 11.9 Å². The molecule has 0 bridgehead atoms. The summed E-state index contributed by atoms with van der Waals surface area (Å²) >= 11 is 1.75. The predicted octanol–water partition coefficient (Wildman–Crippen LogP) is 28.4. The molecule has 0 saturated carbocycles. The lowest BCUT2D eigenvalue weighted by Gasteiger charge is -2.11. The second-order valence-corrected chi connectivity index (χ2v) is 30.4. The molecule has 0 N–H and O–H groups in total. The largest absolute Gasteiger partial charge is 0.456 e. The fourth-order valence-corrected chi connectivity index (χ4v) is 19.3. The van der Waals surface area contributed by atoms with Crippen molar-refractivity contribution in [2.75, 3.05) is 0 Å². The lowest BCUT2D eigenvalue weighted by atomic mass is 9.94. The van der Waals surface area contributed by atoms with Gasteiger partial charge in [-0.3, -0.25) is 9.13 Å². The molecule has 0 unspecified atom stereocenters. The third kappa shape index (κ3) is 9.16. The summed E-state index contributed by atoms with van der Waals surface area (Å²) in [6, 6.07) is 119. The summed E-state index contributed by atoms with van der Waals surface area (Å²) < 4.78 is 33.4. The highest BCUT2D eigenvalue weighted by Gasteiger charge is 2.27. The average molecular weight is 1460 g/mol. The van der Waals surface area contributed by atoms with Gasteiger partial charge in [0.05, 0.1) is 60.0 Å². The minimum atomic E-state index is 0.623. The summed E-state index contributed by atoms with van der Waals surface area (Å²) in [5.41, 5.74) is 21.1. The number of hydrogen-bond donors (Lipinski definition) is 0. The summed E-state index contributed by atoms with van der Waals surface area (Å²) in [6.07, 6.45) is 0. The zero-order valence-electron chi connectivity index (χ0n) is 60.1. The number of rotatable bonds is 6. The Labute approximate surface area is 645 Å². The number of fused-ring (bicyclic) bond motifs is 29. The molecule has 17 aromatic carbocycles. The van der Waals surface area contributed by atoms with Gasteiger partial charge >= 0.3 is 0 Å². The second kappa shape index (κ2) is 23.7. The molecule has 0 aliphatic carbocycles. The summed E-state index contributed by atoms with van der Waals surface area (Å²) in [6.45, 7) is 0. The molecule has 26 rings (SSSR count). The van der Waals surface area contributed by atoms with Crippen molar-refractivity contribution in [1.29, 1.82) is 0 Å². The van der Waals surface area contributed by atoms with Gasteiger partial charge < -0.3 is 17.7 Å². The van der Waals surface area contributed by atoms with Gasteiger partial charge in [-0.15, -0.1) is 11.3 Å². The highest BCUT2D eigenvalue weighted by atomic mass is 32.1. The van der Waals surface area contributed by atoms with Crippen molar-refractivity contribution in [1.82, 2.24) is 29.1 Å². The summed E-state index contributed by atoms with van der Waals surface area (Å²) in [7, 11) is 0. The third-order valence-corrected chi connectivity index (χ3v) is 24.4. The zero-order chi connectivity index (χ0) is 73.7. The summed E-state index contributed by atoms with van der Waals surface area (Å²) in [5, 5.41) is 22.3. The predicted molar refractivity (Wildman–Crippen MR) is 467 cm³/mol. The van der Waals surface area contributed by atoms with Gasteiger partial charge in [0.1, 0.15) is 44.7 Å². The number of para-hydroxylation sites is 5. The molecule has 0 amide bonds. The van der Waals surface area contributed by atoms with Crippen LogP contribution in [0.5, 0.6) is 0 Å². The first-order chi connectivity index (χ1) is 56.0. The van der Waals surface area contributed by atoms with Crippen LogP contribution in [-0.2, 0) is 0 Å². The van der Waals surface area contributed by atoms with E-state index in [2.05, 4.69) is 306 Å². The van der Waals surface area contributed by atoms with Crippen LogP contribution < -0.4 is 0 Å². The van der Waals surface area contributed by atoms with E-state index in [4.69, 9.17) is 37.6 Å². The number of thiophene rings is 1. The van der Waals surface area contributed by atoms with Crippen LogP contribution in [0.2, 0.25) is 0 Å². The van der Waals surface area contributed by atoms with Gasteiger partial charge in [0.15, 0.2) is 0 Å². The van der Waals surface area contributed by atoms with E-state index in [1.165, 1.54) is 20.9 Å². The molecule has 0 atom stereocenters. The maximum Gasteiger partial charge on any atom is 0.235 e. The van der Waals surface area contributed by atoms with Gasteiger partial charge in [-0.05, 0) is 158 Å². The Morgan fingerprint density at radius 2 is 0.690 bits per heavy atom. The lowest BCUT2D eigenvalue weighted by Crippen LogP contribution is -2.03. The molecule has 9 heterocycles. The Bertz CT molecular complexity index is 8610. The first-order valence-corrected chi connectivity index (χ1v) is 38.8. The normalized spacial score (nSPS) is 12.2. The van der Waals surface area contributed by atoms with Crippen molar-refractivity contribution in [3.8, 4) is 56.7 Å². The second-order valence-electron chi connectivity index (χ2n) is 29.4. The third-order valence-electron chi connectivity index (χ3n) is 23.2. The molecule has 0 spiro atoms. The molecule has 9 aromatic heterocycles. The Morgan fingerprint density at radius 1 is 0.239 bits per heavy atom. The Hall–Kier alpha value is -15.0. The van der Waals surface area contributed by atoms with E-state index >= 15 is 0 Å². The molecule has 0 saturated heterocycles. The molecule has 11 heteroatoms. The Kier molecular flexibility index (Phi) is 13.0. The van der Waals surface area contributed by atoms with E-state index in [-0.39, 0.29) is 0 Å². The molecular weight excluding hydrogens is 1410 g/mol. The summed E-state index contributed by atoms with van der Waals surface area (Å²) in [4.78, 5) is 21.3. The standard InChI is InChI=1S/C54H29N3O2S.C48H27N3O2/c1-2-12-31-27-33(22-21-30(31)11-1)50-53-51(39-17-7-10-20-47(39)60-53)56-54(55-50)57-42-18-8-5-16-38(42)49-43(57)26-25-40-48-37-15-4-3-13-34(37)41(29-46(48)59-52(40)49)32-23-24-36-35-14-6-9-19-44(35)58-45(36)28-32;1-2-12-28(13-3-1)46-34-17-6-9-19-38(34)49-48(50-46)51-39-20-10-7-18-35(39)45-40(51)25-24-36-44-33-16-5-4-14-30(33)37(27-43(44)53-47(36)45)29-22-23-32-31-15-8-11-21-41(31)52-42(32)26-29/h1-29H;1-27H. The van der Waals surface area contributed by atoms with Crippen molar-refractivity contribution in [3.63, 3.8) is 0 Å². The summed E-state index contributed by atoms with van der Waals surface area (Å²) in [5.74, 6) is 1.25. The van der Waals surface area contributed by atoms with Crippen molar-refractivity contribution in [2.45, 2.75) is 0 Å². The molecule has 524 valence electrons. The lowest BCUT2D eigenvalue weighted by molar-refractivity contribution is 0.668. The minimum absolute atomic E-state index is 0.623. The number of hydrogen-bond acceptors (Lipinski definition) is 9. The molecule has 0 fully saturated rings.